The minimum atomic E-state index is -0.111. The number of aliphatic hydroxyl groups is 1. The Morgan fingerprint density at radius 2 is 1.89 bits per heavy atom. The molecule has 2 saturated carbocycles. The Labute approximate surface area is 183 Å². The van der Waals surface area contributed by atoms with Gasteiger partial charge in [-0.15, -0.1) is 28.3 Å². The summed E-state index contributed by atoms with van der Waals surface area (Å²) in [5.41, 5.74) is 4.87. The van der Waals surface area contributed by atoms with E-state index in [-0.39, 0.29) is 28.5 Å². The van der Waals surface area contributed by atoms with Gasteiger partial charge in [0.15, 0.2) is 5.13 Å². The molecule has 154 valence electrons. The van der Waals surface area contributed by atoms with Crippen molar-refractivity contribution in [3.05, 3.63) is 28.8 Å². The number of halogens is 1. The second-order valence-electron chi connectivity index (χ2n) is 9.75. The van der Waals surface area contributed by atoms with E-state index in [9.17, 15) is 5.11 Å². The van der Waals surface area contributed by atoms with E-state index in [1.165, 1.54) is 43.4 Å². The molecule has 0 bridgehead atoms. The van der Waals surface area contributed by atoms with Gasteiger partial charge in [-0.2, -0.15) is 0 Å². The molecule has 3 nitrogen and oxygen atoms in total. The molecule has 0 saturated heterocycles. The molecule has 0 radical (unpaired) electrons. The lowest BCUT2D eigenvalue weighted by atomic mass is 9.47. The minimum absolute atomic E-state index is 0. The predicted octanol–water partition coefficient (Wildman–Crippen LogP) is 6.08. The van der Waals surface area contributed by atoms with Crippen LogP contribution in [0.3, 0.4) is 0 Å². The van der Waals surface area contributed by atoms with Gasteiger partial charge in [0, 0.05) is 12.4 Å². The summed E-state index contributed by atoms with van der Waals surface area (Å²) < 4.78 is 0. The summed E-state index contributed by atoms with van der Waals surface area (Å²) in [4.78, 5) is 4.84. The molecular formula is C23H33BrN2OS. The summed E-state index contributed by atoms with van der Waals surface area (Å²) >= 11 is 1.72. The van der Waals surface area contributed by atoms with Gasteiger partial charge in [0.2, 0.25) is 0 Å². The first-order valence-electron chi connectivity index (χ1n) is 10.7. The molecule has 6 atom stereocenters. The lowest BCUT2D eigenvalue weighted by Crippen LogP contribution is -2.49. The molecule has 0 aliphatic heterocycles. The van der Waals surface area contributed by atoms with Crippen molar-refractivity contribution < 1.29 is 5.11 Å². The Kier molecular flexibility index (Phi) is 5.33. The van der Waals surface area contributed by atoms with Crippen LogP contribution in [0.25, 0.3) is 5.57 Å². The first-order valence-corrected chi connectivity index (χ1v) is 11.6. The molecule has 28 heavy (non-hydrogen) atoms. The normalized spacial score (nSPS) is 41.7. The lowest BCUT2D eigenvalue weighted by molar-refractivity contribution is -0.0238. The smallest absolute Gasteiger partial charge is 0.182 e. The molecule has 1 aromatic rings. The van der Waals surface area contributed by atoms with Crippen LogP contribution < -0.4 is 5.32 Å². The summed E-state index contributed by atoms with van der Waals surface area (Å²) in [5.74, 6) is 2.32. The molecule has 4 aliphatic rings. The topological polar surface area (TPSA) is 45.2 Å². The maximum atomic E-state index is 10.2. The number of thiazole rings is 1. The number of anilines is 1. The summed E-state index contributed by atoms with van der Waals surface area (Å²) in [5, 5.41) is 16.6. The Bertz CT molecular complexity index is 817. The van der Waals surface area contributed by atoms with Gasteiger partial charge in [0.25, 0.3) is 0 Å². The fourth-order valence-electron chi connectivity index (χ4n) is 7.12. The van der Waals surface area contributed by atoms with E-state index in [1.54, 1.807) is 16.9 Å². The molecular weight excluding hydrogens is 432 g/mol. The minimum Gasteiger partial charge on any atom is -0.393 e. The zero-order valence-electron chi connectivity index (χ0n) is 17.2. The number of fused-ring (bicyclic) bond motifs is 5. The number of rotatable bonds is 2. The zero-order chi connectivity index (χ0) is 18.8. The average molecular weight is 466 g/mol. The van der Waals surface area contributed by atoms with Gasteiger partial charge in [0.05, 0.1) is 11.8 Å². The molecule has 2 fully saturated rings. The number of hydrogen-bond donors (Lipinski definition) is 2. The number of hydrogen-bond acceptors (Lipinski definition) is 4. The van der Waals surface area contributed by atoms with Crippen molar-refractivity contribution in [1.82, 2.24) is 4.98 Å². The van der Waals surface area contributed by atoms with Crippen LogP contribution in [0.15, 0.2) is 23.1 Å². The average Bonchev–Trinajstić information content (AvgIpc) is 3.25. The van der Waals surface area contributed by atoms with E-state index in [2.05, 4.69) is 36.7 Å². The maximum absolute atomic E-state index is 10.2. The molecule has 0 spiro atoms. The molecule has 5 heteroatoms. The second kappa shape index (κ2) is 7.24. The van der Waals surface area contributed by atoms with Crippen LogP contribution in [0.2, 0.25) is 0 Å². The van der Waals surface area contributed by atoms with Crippen LogP contribution in [0, 0.1) is 28.6 Å². The molecule has 5 rings (SSSR count). The van der Waals surface area contributed by atoms with Crippen LogP contribution in [0.1, 0.15) is 64.5 Å². The molecule has 4 aliphatic carbocycles. The number of nitrogens with zero attached hydrogens (tertiary/aromatic N) is 1. The molecule has 1 aromatic heterocycles. The van der Waals surface area contributed by atoms with E-state index >= 15 is 0 Å². The third-order valence-electron chi connectivity index (χ3n) is 8.65. The van der Waals surface area contributed by atoms with Gasteiger partial charge >= 0.3 is 0 Å². The zero-order valence-corrected chi connectivity index (χ0v) is 19.7. The summed E-state index contributed by atoms with van der Waals surface area (Å²) in [6.45, 7) is 5.02. The highest BCUT2D eigenvalue weighted by molar-refractivity contribution is 8.93. The van der Waals surface area contributed by atoms with E-state index in [0.29, 0.717) is 5.41 Å². The fraction of sp³-hybridized carbons (Fsp3) is 0.696. The predicted molar refractivity (Wildman–Crippen MR) is 123 cm³/mol. The Hall–Kier alpha value is -0.650. The Morgan fingerprint density at radius 1 is 1.11 bits per heavy atom. The molecule has 2 N–H and O–H groups in total. The van der Waals surface area contributed by atoms with E-state index in [1.807, 2.05) is 7.05 Å². The monoisotopic (exact) mass is 464 g/mol. The molecule has 0 aromatic carbocycles. The van der Waals surface area contributed by atoms with Crippen molar-refractivity contribution in [1.29, 1.82) is 0 Å². The van der Waals surface area contributed by atoms with Crippen LogP contribution in [-0.4, -0.2) is 23.2 Å². The van der Waals surface area contributed by atoms with Crippen LogP contribution in [0.4, 0.5) is 5.13 Å². The first kappa shape index (κ1) is 20.6. The molecule has 0 amide bonds. The van der Waals surface area contributed by atoms with E-state index < -0.39 is 0 Å². The molecule has 1 heterocycles. The number of aromatic nitrogens is 1. The lowest BCUT2D eigenvalue weighted by Gasteiger charge is -2.57. The fourth-order valence-corrected chi connectivity index (χ4v) is 7.79. The van der Waals surface area contributed by atoms with Crippen LogP contribution >= 0.6 is 28.3 Å². The SMILES string of the molecule is Br.CNc1nc(C2=CC[C@H]3[C@@H]4CC=C5C[C@@H](O)CC[C@]5(C)[C@H]4CC[C@]23C)cs1. The summed E-state index contributed by atoms with van der Waals surface area (Å²) in [6, 6.07) is 0. The van der Waals surface area contributed by atoms with Gasteiger partial charge in [-0.25, -0.2) is 4.98 Å². The highest BCUT2D eigenvalue weighted by Crippen LogP contribution is 2.66. The highest BCUT2D eigenvalue weighted by atomic mass is 79.9. The summed E-state index contributed by atoms with van der Waals surface area (Å²) in [7, 11) is 1.95. The van der Waals surface area contributed by atoms with Crippen molar-refractivity contribution in [3.63, 3.8) is 0 Å². The molecule has 0 unspecified atom stereocenters. The number of aliphatic hydroxyl groups excluding tert-OH is 1. The van der Waals surface area contributed by atoms with Gasteiger partial charge in [0.1, 0.15) is 0 Å². The third-order valence-corrected chi connectivity index (χ3v) is 9.51. The standard InChI is InChI=1S/C23H32N2OS.BrH/c1-22-10-8-15(26)12-14(22)4-5-16-17-6-7-19(20-13-27-21(24-3)25-20)23(17,2)11-9-18(16)22;/h4,7,13,15-18,26H,5-6,8-12H2,1-3H3,(H,24,25);1H/t15-,16-,17-,18-,22-,23-;/m0./s1. The third kappa shape index (κ3) is 2.87. The van der Waals surface area contributed by atoms with Crippen LogP contribution in [0.5, 0.6) is 0 Å². The van der Waals surface area contributed by atoms with Gasteiger partial charge in [-0.1, -0.05) is 31.6 Å². The Morgan fingerprint density at radius 3 is 2.64 bits per heavy atom. The van der Waals surface area contributed by atoms with Gasteiger partial charge in [-0.3, -0.25) is 0 Å². The largest absolute Gasteiger partial charge is 0.393 e. The van der Waals surface area contributed by atoms with Gasteiger partial charge in [-0.05, 0) is 79.1 Å². The quantitative estimate of drug-likeness (QED) is 0.521. The van der Waals surface area contributed by atoms with Crippen molar-refractivity contribution >= 4 is 39.0 Å². The van der Waals surface area contributed by atoms with E-state index in [0.717, 1.165) is 35.7 Å². The first-order chi connectivity index (χ1) is 13.0. The highest BCUT2D eigenvalue weighted by Gasteiger charge is 2.56. The van der Waals surface area contributed by atoms with Crippen molar-refractivity contribution in [2.45, 2.75) is 64.9 Å². The van der Waals surface area contributed by atoms with E-state index in [4.69, 9.17) is 4.98 Å². The van der Waals surface area contributed by atoms with Gasteiger partial charge < -0.3 is 10.4 Å². The second-order valence-corrected chi connectivity index (χ2v) is 10.6. The van der Waals surface area contributed by atoms with Crippen molar-refractivity contribution in [3.8, 4) is 0 Å². The van der Waals surface area contributed by atoms with Crippen LogP contribution in [-0.2, 0) is 0 Å². The Balaban J connectivity index is 0.00000192. The van der Waals surface area contributed by atoms with Crippen molar-refractivity contribution in [2.24, 2.45) is 28.6 Å². The summed E-state index contributed by atoms with van der Waals surface area (Å²) in [6.07, 6.45) is 13.0. The number of nitrogens with one attached hydrogen (secondary N) is 1. The van der Waals surface area contributed by atoms with Crippen molar-refractivity contribution in [2.75, 3.05) is 12.4 Å². The maximum Gasteiger partial charge on any atom is 0.182 e. The number of allylic oxidation sites excluding steroid dienone is 3.